The van der Waals surface area contributed by atoms with Crippen LogP contribution in [0.3, 0.4) is 0 Å². The highest BCUT2D eigenvalue weighted by molar-refractivity contribution is 5.37. The van der Waals surface area contributed by atoms with E-state index in [0.29, 0.717) is 5.54 Å². The molecule has 1 N–H and O–H groups in total. The molecule has 1 fully saturated rings. The van der Waals surface area contributed by atoms with E-state index < -0.39 is 0 Å². The molecule has 1 saturated carbocycles. The highest BCUT2D eigenvalue weighted by atomic mass is 15.2. The van der Waals surface area contributed by atoms with E-state index in [-0.39, 0.29) is 0 Å². The Hall–Kier alpha value is -1.09. The normalized spacial score (nSPS) is 18.6. The van der Waals surface area contributed by atoms with Crippen molar-refractivity contribution < 1.29 is 0 Å². The van der Waals surface area contributed by atoms with Gasteiger partial charge in [-0.15, -0.1) is 0 Å². The van der Waals surface area contributed by atoms with Crippen LogP contribution in [0.5, 0.6) is 0 Å². The van der Waals surface area contributed by atoms with Crippen LogP contribution in [0.25, 0.3) is 0 Å². The molecule has 0 spiro atoms. The summed E-state index contributed by atoms with van der Waals surface area (Å²) < 4.78 is 0. The molecule has 0 amide bonds. The van der Waals surface area contributed by atoms with Crippen LogP contribution < -0.4 is 5.32 Å². The lowest BCUT2D eigenvalue weighted by Gasteiger charge is -2.36. The van der Waals surface area contributed by atoms with Crippen molar-refractivity contribution in [2.75, 3.05) is 26.0 Å². The molecule has 0 aliphatic heterocycles. The van der Waals surface area contributed by atoms with Gasteiger partial charge in [-0.25, -0.2) is 4.98 Å². The summed E-state index contributed by atoms with van der Waals surface area (Å²) in [4.78, 5) is 6.74. The average molecular weight is 233 g/mol. The van der Waals surface area contributed by atoms with Gasteiger partial charge in [-0.2, -0.15) is 0 Å². The molecule has 0 bridgehead atoms. The van der Waals surface area contributed by atoms with E-state index in [9.17, 15) is 0 Å². The molecule has 0 saturated heterocycles. The molecule has 1 aromatic rings. The maximum Gasteiger partial charge on any atom is 0.126 e. The quantitative estimate of drug-likeness (QED) is 0.866. The van der Waals surface area contributed by atoms with Gasteiger partial charge in [0.2, 0.25) is 0 Å². The Kier molecular flexibility index (Phi) is 3.67. The molecule has 0 aromatic carbocycles. The van der Waals surface area contributed by atoms with Crippen LogP contribution in [0.2, 0.25) is 0 Å². The maximum atomic E-state index is 4.36. The lowest BCUT2D eigenvalue weighted by molar-refractivity contribution is 0.172. The molecular formula is C14H23N3. The monoisotopic (exact) mass is 233 g/mol. The molecule has 1 aromatic heterocycles. The van der Waals surface area contributed by atoms with Crippen molar-refractivity contribution >= 4 is 5.82 Å². The summed E-state index contributed by atoms with van der Waals surface area (Å²) in [6, 6.07) is 4.14. The highest BCUT2D eigenvalue weighted by Gasteiger charge is 2.35. The Labute approximate surface area is 104 Å². The third-order valence-corrected chi connectivity index (χ3v) is 4.00. The number of anilines is 1. The van der Waals surface area contributed by atoms with Gasteiger partial charge in [-0.05, 0) is 51.6 Å². The third-order valence-electron chi connectivity index (χ3n) is 4.00. The predicted molar refractivity (Wildman–Crippen MR) is 72.3 cm³/mol. The Morgan fingerprint density at radius 2 is 2.06 bits per heavy atom. The number of rotatable bonds is 4. The lowest BCUT2D eigenvalue weighted by atomic mass is 9.96. The summed E-state index contributed by atoms with van der Waals surface area (Å²) in [6.07, 6.45) is 7.15. The van der Waals surface area contributed by atoms with Crippen LogP contribution in [0.15, 0.2) is 18.3 Å². The van der Waals surface area contributed by atoms with Gasteiger partial charge in [0.25, 0.3) is 0 Å². The van der Waals surface area contributed by atoms with E-state index >= 15 is 0 Å². The van der Waals surface area contributed by atoms with Crippen molar-refractivity contribution in [2.45, 2.75) is 38.1 Å². The van der Waals surface area contributed by atoms with E-state index in [1.54, 1.807) is 0 Å². The van der Waals surface area contributed by atoms with Gasteiger partial charge in [0, 0.05) is 18.3 Å². The van der Waals surface area contributed by atoms with E-state index in [0.717, 1.165) is 12.4 Å². The number of nitrogens with zero attached hydrogens (tertiary/aromatic N) is 2. The minimum absolute atomic E-state index is 0.325. The largest absolute Gasteiger partial charge is 0.368 e. The lowest BCUT2D eigenvalue weighted by Crippen LogP contribution is -2.47. The van der Waals surface area contributed by atoms with Crippen LogP contribution in [0, 0.1) is 6.92 Å². The molecule has 0 atom stereocenters. The Morgan fingerprint density at radius 3 is 2.65 bits per heavy atom. The standard InChI is InChI=1S/C14H23N3/c1-12-6-9-15-13(10-12)16-11-14(17(2)3)7-4-5-8-14/h6,9-10H,4-5,7-8,11H2,1-3H3,(H,15,16). The van der Waals surface area contributed by atoms with Gasteiger partial charge in [-0.3, -0.25) is 0 Å². The number of aromatic nitrogens is 1. The number of nitrogens with one attached hydrogen (secondary N) is 1. The first-order chi connectivity index (χ1) is 8.12. The number of hydrogen-bond acceptors (Lipinski definition) is 3. The van der Waals surface area contributed by atoms with Gasteiger partial charge in [0.1, 0.15) is 5.82 Å². The highest BCUT2D eigenvalue weighted by Crippen LogP contribution is 2.33. The van der Waals surface area contributed by atoms with Crippen molar-refractivity contribution in [1.82, 2.24) is 9.88 Å². The first-order valence-corrected chi connectivity index (χ1v) is 6.46. The first-order valence-electron chi connectivity index (χ1n) is 6.46. The SMILES string of the molecule is Cc1ccnc(NCC2(N(C)C)CCCC2)c1. The summed E-state index contributed by atoms with van der Waals surface area (Å²) in [5.41, 5.74) is 1.58. The van der Waals surface area contributed by atoms with E-state index in [4.69, 9.17) is 0 Å². The van der Waals surface area contributed by atoms with Gasteiger partial charge in [-0.1, -0.05) is 12.8 Å². The Bertz CT molecular complexity index is 367. The summed E-state index contributed by atoms with van der Waals surface area (Å²) in [5.74, 6) is 0.998. The summed E-state index contributed by atoms with van der Waals surface area (Å²) >= 11 is 0. The molecule has 1 heterocycles. The average Bonchev–Trinajstić information content (AvgIpc) is 2.76. The van der Waals surface area contributed by atoms with Crippen molar-refractivity contribution in [3.63, 3.8) is 0 Å². The molecule has 1 aliphatic carbocycles. The van der Waals surface area contributed by atoms with Crippen LogP contribution in [0.1, 0.15) is 31.2 Å². The third kappa shape index (κ3) is 2.78. The van der Waals surface area contributed by atoms with Crippen LogP contribution in [-0.2, 0) is 0 Å². The molecule has 3 nitrogen and oxygen atoms in total. The zero-order valence-corrected chi connectivity index (χ0v) is 11.2. The fraction of sp³-hybridized carbons (Fsp3) is 0.643. The molecule has 17 heavy (non-hydrogen) atoms. The van der Waals surface area contributed by atoms with Crippen molar-refractivity contribution in [3.8, 4) is 0 Å². The van der Waals surface area contributed by atoms with Crippen molar-refractivity contribution in [3.05, 3.63) is 23.9 Å². The topological polar surface area (TPSA) is 28.2 Å². The molecule has 94 valence electrons. The van der Waals surface area contributed by atoms with Gasteiger partial charge >= 0.3 is 0 Å². The van der Waals surface area contributed by atoms with Crippen molar-refractivity contribution in [2.24, 2.45) is 0 Å². The van der Waals surface area contributed by atoms with Crippen LogP contribution in [-0.4, -0.2) is 36.1 Å². The van der Waals surface area contributed by atoms with Gasteiger partial charge < -0.3 is 10.2 Å². The summed E-state index contributed by atoms with van der Waals surface area (Å²) in [6.45, 7) is 3.10. The molecular weight excluding hydrogens is 210 g/mol. The number of aryl methyl sites for hydroxylation is 1. The number of hydrogen-bond donors (Lipinski definition) is 1. The Balaban J connectivity index is 2.01. The zero-order chi connectivity index (χ0) is 12.3. The fourth-order valence-corrected chi connectivity index (χ4v) is 2.70. The number of pyridine rings is 1. The molecule has 1 aliphatic rings. The Morgan fingerprint density at radius 1 is 1.35 bits per heavy atom. The maximum absolute atomic E-state index is 4.36. The molecule has 2 rings (SSSR count). The first kappa shape index (κ1) is 12.4. The minimum Gasteiger partial charge on any atom is -0.368 e. The second-order valence-corrected chi connectivity index (χ2v) is 5.40. The van der Waals surface area contributed by atoms with Gasteiger partial charge in [0.05, 0.1) is 0 Å². The zero-order valence-electron chi connectivity index (χ0n) is 11.2. The van der Waals surface area contributed by atoms with Crippen LogP contribution >= 0.6 is 0 Å². The summed E-state index contributed by atoms with van der Waals surface area (Å²) in [7, 11) is 4.38. The van der Waals surface area contributed by atoms with E-state index in [2.05, 4.69) is 42.3 Å². The number of likely N-dealkylation sites (N-methyl/N-ethyl adjacent to an activating group) is 1. The van der Waals surface area contributed by atoms with E-state index in [1.165, 1.54) is 31.2 Å². The smallest absolute Gasteiger partial charge is 0.126 e. The molecule has 3 heteroatoms. The second kappa shape index (κ2) is 5.05. The second-order valence-electron chi connectivity index (χ2n) is 5.40. The molecule has 0 unspecified atom stereocenters. The van der Waals surface area contributed by atoms with Crippen molar-refractivity contribution in [1.29, 1.82) is 0 Å². The minimum atomic E-state index is 0.325. The van der Waals surface area contributed by atoms with Crippen LogP contribution in [0.4, 0.5) is 5.82 Å². The summed E-state index contributed by atoms with van der Waals surface area (Å²) in [5, 5.41) is 3.50. The fourth-order valence-electron chi connectivity index (χ4n) is 2.70. The predicted octanol–water partition coefficient (Wildman–Crippen LogP) is 2.68. The van der Waals surface area contributed by atoms with E-state index in [1.807, 2.05) is 12.3 Å². The van der Waals surface area contributed by atoms with Gasteiger partial charge in [0.15, 0.2) is 0 Å². The molecule has 0 radical (unpaired) electrons.